The van der Waals surface area contributed by atoms with Crippen molar-refractivity contribution in [2.24, 2.45) is 0 Å². The smallest absolute Gasteiger partial charge is 0.409 e. The van der Waals surface area contributed by atoms with Crippen LogP contribution in [0.25, 0.3) is 0 Å². The van der Waals surface area contributed by atoms with Crippen molar-refractivity contribution in [1.82, 2.24) is 4.98 Å². The van der Waals surface area contributed by atoms with Gasteiger partial charge in [0.1, 0.15) is 10.8 Å². The van der Waals surface area contributed by atoms with Gasteiger partial charge in [0.2, 0.25) is 5.95 Å². The number of amides is 1. The number of pyridine rings is 1. The minimum Gasteiger partial charge on any atom is -0.465 e. The molecule has 0 radical (unpaired) electrons. The van der Waals surface area contributed by atoms with E-state index in [0.29, 0.717) is 5.82 Å². The Morgan fingerprint density at radius 2 is 2.18 bits per heavy atom. The van der Waals surface area contributed by atoms with Crippen LogP contribution in [-0.2, 0) is 0 Å². The molecule has 1 aliphatic heterocycles. The number of halogens is 2. The number of nitrogens with zero attached hydrogens (tertiary/aromatic N) is 2. The van der Waals surface area contributed by atoms with Gasteiger partial charge in [-0.3, -0.25) is 5.32 Å². The maximum absolute atomic E-state index is 13.4. The maximum atomic E-state index is 13.4. The molecule has 7 heteroatoms. The number of anilines is 2. The fourth-order valence-corrected chi connectivity index (χ4v) is 1.94. The Hall–Kier alpha value is -1.56. The summed E-state index contributed by atoms with van der Waals surface area (Å²) in [5, 5.41) is 10.4. The van der Waals surface area contributed by atoms with Crippen molar-refractivity contribution >= 4 is 29.2 Å². The van der Waals surface area contributed by atoms with E-state index in [2.05, 4.69) is 10.3 Å². The van der Waals surface area contributed by atoms with Crippen LogP contribution >= 0.6 is 11.6 Å². The Bertz CT molecular complexity index is 449. The number of carbonyl (C=O) groups is 1. The van der Waals surface area contributed by atoms with E-state index in [1.165, 1.54) is 6.07 Å². The molecule has 2 heterocycles. The van der Waals surface area contributed by atoms with Crippen LogP contribution in [0.2, 0.25) is 5.02 Å². The van der Waals surface area contributed by atoms with E-state index in [0.717, 1.165) is 25.9 Å². The minimum absolute atomic E-state index is 0.0218. The third kappa shape index (κ3) is 2.58. The van der Waals surface area contributed by atoms with Crippen LogP contribution < -0.4 is 10.2 Å². The number of hydrogen-bond acceptors (Lipinski definition) is 3. The highest BCUT2D eigenvalue weighted by Crippen LogP contribution is 2.29. The van der Waals surface area contributed by atoms with Crippen LogP contribution in [0, 0.1) is 5.95 Å². The van der Waals surface area contributed by atoms with Gasteiger partial charge in [0.15, 0.2) is 0 Å². The molecule has 1 saturated heterocycles. The Kier molecular flexibility index (Phi) is 3.33. The van der Waals surface area contributed by atoms with E-state index in [1.54, 1.807) is 0 Å². The van der Waals surface area contributed by atoms with Crippen molar-refractivity contribution < 1.29 is 14.3 Å². The van der Waals surface area contributed by atoms with Crippen LogP contribution in [0.5, 0.6) is 0 Å². The summed E-state index contributed by atoms with van der Waals surface area (Å²) in [6.45, 7) is 1.58. The first-order chi connectivity index (χ1) is 8.08. The molecule has 5 nitrogen and oxygen atoms in total. The average Bonchev–Trinajstić information content (AvgIpc) is 2.77. The summed E-state index contributed by atoms with van der Waals surface area (Å²) in [6, 6.07) is 1.45. The van der Waals surface area contributed by atoms with Crippen LogP contribution in [0.15, 0.2) is 6.07 Å². The zero-order valence-corrected chi connectivity index (χ0v) is 9.67. The molecule has 0 bridgehead atoms. The molecule has 0 saturated carbocycles. The third-order valence-corrected chi connectivity index (χ3v) is 2.93. The summed E-state index contributed by atoms with van der Waals surface area (Å²) in [4.78, 5) is 16.2. The number of rotatable bonds is 2. The van der Waals surface area contributed by atoms with Crippen molar-refractivity contribution in [2.75, 3.05) is 23.3 Å². The molecule has 0 aliphatic carbocycles. The summed E-state index contributed by atoms with van der Waals surface area (Å²) < 4.78 is 13.4. The van der Waals surface area contributed by atoms with Crippen LogP contribution in [0.4, 0.5) is 20.7 Å². The van der Waals surface area contributed by atoms with Crippen molar-refractivity contribution in [3.8, 4) is 0 Å². The summed E-state index contributed by atoms with van der Waals surface area (Å²) >= 11 is 5.63. The predicted molar refractivity (Wildman–Crippen MR) is 62.3 cm³/mol. The van der Waals surface area contributed by atoms with Crippen molar-refractivity contribution in [2.45, 2.75) is 12.8 Å². The molecule has 0 atom stereocenters. The number of aromatic nitrogens is 1. The second-order valence-corrected chi connectivity index (χ2v) is 4.14. The fraction of sp³-hybridized carbons (Fsp3) is 0.400. The third-order valence-electron chi connectivity index (χ3n) is 2.58. The molecule has 1 aromatic rings. The van der Waals surface area contributed by atoms with E-state index >= 15 is 0 Å². The Balaban J connectivity index is 2.34. The van der Waals surface area contributed by atoms with E-state index in [9.17, 15) is 9.18 Å². The summed E-state index contributed by atoms with van der Waals surface area (Å²) in [5.41, 5.74) is 0.0218. The van der Waals surface area contributed by atoms with E-state index < -0.39 is 12.0 Å². The van der Waals surface area contributed by atoms with Gasteiger partial charge in [0, 0.05) is 19.2 Å². The van der Waals surface area contributed by atoms with E-state index in [4.69, 9.17) is 16.7 Å². The summed E-state index contributed by atoms with van der Waals surface area (Å²) in [6.07, 6.45) is 0.756. The molecular weight excluding hydrogens is 249 g/mol. The molecule has 17 heavy (non-hydrogen) atoms. The van der Waals surface area contributed by atoms with Crippen molar-refractivity contribution in [3.63, 3.8) is 0 Å². The van der Waals surface area contributed by atoms with Crippen LogP contribution in [0.1, 0.15) is 12.8 Å². The maximum Gasteiger partial charge on any atom is 0.409 e. The number of carboxylic acid groups (broad SMARTS) is 1. The highest BCUT2D eigenvalue weighted by atomic mass is 35.5. The summed E-state index contributed by atoms with van der Waals surface area (Å²) in [5.74, 6) is -0.451. The molecule has 1 amide bonds. The van der Waals surface area contributed by atoms with Gasteiger partial charge >= 0.3 is 6.09 Å². The van der Waals surface area contributed by atoms with Gasteiger partial charge in [-0.25, -0.2) is 9.78 Å². The highest BCUT2D eigenvalue weighted by molar-refractivity contribution is 6.33. The largest absolute Gasteiger partial charge is 0.465 e. The van der Waals surface area contributed by atoms with Gasteiger partial charge in [-0.2, -0.15) is 4.39 Å². The van der Waals surface area contributed by atoms with Gasteiger partial charge in [-0.05, 0) is 12.8 Å². The topological polar surface area (TPSA) is 65.5 Å². The highest BCUT2D eigenvalue weighted by Gasteiger charge is 2.18. The van der Waals surface area contributed by atoms with E-state index in [1.807, 2.05) is 4.90 Å². The monoisotopic (exact) mass is 259 g/mol. The lowest BCUT2D eigenvalue weighted by atomic mass is 10.3. The molecule has 1 aliphatic rings. The quantitative estimate of drug-likeness (QED) is 0.801. The zero-order chi connectivity index (χ0) is 12.4. The van der Waals surface area contributed by atoms with Crippen LogP contribution in [0.3, 0.4) is 0 Å². The fourth-order valence-electron chi connectivity index (χ4n) is 1.80. The molecule has 1 fully saturated rings. The Morgan fingerprint density at radius 1 is 1.53 bits per heavy atom. The van der Waals surface area contributed by atoms with Gasteiger partial charge in [-0.1, -0.05) is 11.6 Å². The van der Waals surface area contributed by atoms with Gasteiger partial charge in [-0.15, -0.1) is 0 Å². The first-order valence-corrected chi connectivity index (χ1v) is 5.56. The van der Waals surface area contributed by atoms with E-state index in [-0.39, 0.29) is 10.7 Å². The van der Waals surface area contributed by atoms with Gasteiger partial charge in [0.25, 0.3) is 0 Å². The first kappa shape index (κ1) is 11.9. The standard InChI is InChI=1S/C10H11ClFN3O2/c11-8-6(13-10(16)17)5-7(14-9(8)12)15-3-1-2-4-15/h5H,1-4H2,(H,13,14)(H,16,17). The number of nitrogens with one attached hydrogen (secondary N) is 1. The SMILES string of the molecule is O=C(O)Nc1cc(N2CCCC2)nc(F)c1Cl. The molecule has 0 spiro atoms. The Morgan fingerprint density at radius 3 is 2.76 bits per heavy atom. The van der Waals surface area contributed by atoms with Crippen LogP contribution in [-0.4, -0.2) is 29.3 Å². The average molecular weight is 260 g/mol. The first-order valence-electron chi connectivity index (χ1n) is 5.19. The molecule has 0 unspecified atom stereocenters. The molecule has 2 N–H and O–H groups in total. The minimum atomic E-state index is -1.29. The second kappa shape index (κ2) is 4.75. The molecule has 2 rings (SSSR count). The van der Waals surface area contributed by atoms with Crippen molar-refractivity contribution in [1.29, 1.82) is 0 Å². The summed E-state index contributed by atoms with van der Waals surface area (Å²) in [7, 11) is 0. The molecule has 92 valence electrons. The second-order valence-electron chi connectivity index (χ2n) is 3.76. The lowest BCUT2D eigenvalue weighted by Gasteiger charge is -2.17. The molecular formula is C10H11ClFN3O2. The Labute approximate surface area is 102 Å². The van der Waals surface area contributed by atoms with Crippen molar-refractivity contribution in [3.05, 3.63) is 17.0 Å². The molecule has 1 aromatic heterocycles. The predicted octanol–water partition coefficient (Wildman–Crippen LogP) is 2.56. The molecule has 0 aromatic carbocycles. The van der Waals surface area contributed by atoms with Gasteiger partial charge in [0.05, 0.1) is 5.69 Å². The van der Waals surface area contributed by atoms with Gasteiger partial charge < -0.3 is 10.0 Å². The lowest BCUT2D eigenvalue weighted by molar-refractivity contribution is 0.209. The zero-order valence-electron chi connectivity index (χ0n) is 8.91. The normalized spacial score (nSPS) is 15.1. The lowest BCUT2D eigenvalue weighted by Crippen LogP contribution is -2.20. The number of hydrogen-bond donors (Lipinski definition) is 2.